The fourth-order valence-corrected chi connectivity index (χ4v) is 1.98. The van der Waals surface area contributed by atoms with Gasteiger partial charge in [0.15, 0.2) is 0 Å². The van der Waals surface area contributed by atoms with Crippen LogP contribution in [0.15, 0.2) is 12.2 Å². The first-order valence-corrected chi connectivity index (χ1v) is 7.35. The average Bonchev–Trinajstić information content (AvgIpc) is 2.21. The first kappa shape index (κ1) is 16.7. The fourth-order valence-electron chi connectivity index (χ4n) is 1.98. The molecule has 0 aliphatic carbocycles. The van der Waals surface area contributed by atoms with E-state index in [0.717, 1.165) is 12.3 Å². The lowest BCUT2D eigenvalue weighted by molar-refractivity contribution is 0.132. The van der Waals surface area contributed by atoms with Gasteiger partial charge in [-0.3, -0.25) is 0 Å². The van der Waals surface area contributed by atoms with Gasteiger partial charge in [0.05, 0.1) is 5.60 Å². The minimum absolute atomic E-state index is 0.653. The van der Waals surface area contributed by atoms with Crippen molar-refractivity contribution >= 4 is 0 Å². The third-order valence-corrected chi connectivity index (χ3v) is 3.11. The number of allylic oxidation sites excluding steroid dienone is 1. The van der Waals surface area contributed by atoms with Crippen LogP contribution in [0.2, 0.25) is 0 Å². The maximum atomic E-state index is 9.54. The monoisotopic (exact) mass is 240 g/mol. The van der Waals surface area contributed by atoms with E-state index in [2.05, 4.69) is 19.9 Å². The molecular formula is C16H32O. The Morgan fingerprint density at radius 2 is 1.65 bits per heavy atom. The van der Waals surface area contributed by atoms with E-state index in [1.165, 1.54) is 44.9 Å². The molecule has 1 nitrogen and oxygen atoms in total. The predicted octanol–water partition coefficient (Wildman–Crippen LogP) is 5.09. The van der Waals surface area contributed by atoms with E-state index in [-0.39, 0.29) is 0 Å². The molecule has 0 radical (unpaired) electrons. The highest BCUT2D eigenvalue weighted by Gasteiger charge is 2.06. The number of hydrogen-bond donors (Lipinski definition) is 1. The Bertz CT molecular complexity index is 188. The summed E-state index contributed by atoms with van der Waals surface area (Å²) in [6.07, 6.45) is 14.7. The molecule has 0 spiro atoms. The summed E-state index contributed by atoms with van der Waals surface area (Å²) in [4.78, 5) is 0. The van der Waals surface area contributed by atoms with Crippen LogP contribution in [0.1, 0.15) is 79.1 Å². The van der Waals surface area contributed by atoms with Crippen LogP contribution in [0.25, 0.3) is 0 Å². The first-order valence-electron chi connectivity index (χ1n) is 7.35. The van der Waals surface area contributed by atoms with Crippen LogP contribution in [-0.2, 0) is 0 Å². The minimum atomic E-state index is -0.653. The number of rotatable bonds is 10. The molecule has 0 fully saturated rings. The van der Waals surface area contributed by atoms with Crippen molar-refractivity contribution in [2.45, 2.75) is 84.7 Å². The lowest BCUT2D eigenvalue weighted by atomic mass is 9.98. The van der Waals surface area contributed by atoms with Crippen molar-refractivity contribution in [3.63, 3.8) is 0 Å². The Labute approximate surface area is 108 Å². The van der Waals surface area contributed by atoms with E-state index < -0.39 is 5.60 Å². The molecule has 0 aromatic rings. The molecule has 0 unspecified atom stereocenters. The third kappa shape index (κ3) is 13.6. The highest BCUT2D eigenvalue weighted by molar-refractivity contribution is 4.95. The lowest BCUT2D eigenvalue weighted by Crippen LogP contribution is -2.13. The summed E-state index contributed by atoms with van der Waals surface area (Å²) in [6.45, 7) is 8.21. The Kier molecular flexibility index (Phi) is 9.53. The van der Waals surface area contributed by atoms with E-state index in [0.29, 0.717) is 0 Å². The number of aliphatic hydroxyl groups is 1. The zero-order valence-corrected chi connectivity index (χ0v) is 12.3. The molecule has 0 rings (SSSR count). The van der Waals surface area contributed by atoms with Gasteiger partial charge in [0.1, 0.15) is 0 Å². The summed E-state index contributed by atoms with van der Waals surface area (Å²) in [5.74, 6) is 0.750. The van der Waals surface area contributed by atoms with Crippen LogP contribution in [0.3, 0.4) is 0 Å². The topological polar surface area (TPSA) is 20.2 Å². The fraction of sp³-hybridized carbons (Fsp3) is 0.875. The van der Waals surface area contributed by atoms with Crippen LogP contribution in [0.5, 0.6) is 0 Å². The summed E-state index contributed by atoms with van der Waals surface area (Å²) in [5, 5.41) is 9.54. The second kappa shape index (κ2) is 9.70. The molecule has 0 aliphatic heterocycles. The largest absolute Gasteiger partial charge is 0.386 e. The summed E-state index contributed by atoms with van der Waals surface area (Å²) in [5.41, 5.74) is -0.653. The van der Waals surface area contributed by atoms with Gasteiger partial charge in [-0.2, -0.15) is 0 Å². The molecular weight excluding hydrogens is 208 g/mol. The van der Waals surface area contributed by atoms with Gasteiger partial charge in [-0.25, -0.2) is 0 Å². The van der Waals surface area contributed by atoms with Crippen LogP contribution < -0.4 is 0 Å². The quantitative estimate of drug-likeness (QED) is 0.416. The molecule has 0 saturated heterocycles. The van der Waals surface area contributed by atoms with Crippen LogP contribution in [0, 0.1) is 5.92 Å². The van der Waals surface area contributed by atoms with Crippen molar-refractivity contribution in [1.82, 2.24) is 0 Å². The van der Waals surface area contributed by atoms with Crippen molar-refractivity contribution in [2.75, 3.05) is 0 Å². The highest BCUT2D eigenvalue weighted by atomic mass is 16.3. The molecule has 0 saturated carbocycles. The normalized spacial score (nSPS) is 14.4. The third-order valence-electron chi connectivity index (χ3n) is 3.11. The summed E-state index contributed by atoms with van der Waals surface area (Å²) in [7, 11) is 0. The van der Waals surface area contributed by atoms with Gasteiger partial charge < -0.3 is 5.11 Å². The summed E-state index contributed by atoms with van der Waals surface area (Å²) < 4.78 is 0. The summed E-state index contributed by atoms with van der Waals surface area (Å²) in [6, 6.07) is 0. The molecule has 0 heterocycles. The molecule has 17 heavy (non-hydrogen) atoms. The molecule has 0 amide bonds. The maximum absolute atomic E-state index is 9.54. The highest BCUT2D eigenvalue weighted by Crippen LogP contribution is 2.16. The number of hydrogen-bond acceptors (Lipinski definition) is 1. The van der Waals surface area contributed by atoms with Crippen LogP contribution in [-0.4, -0.2) is 10.7 Å². The molecule has 102 valence electrons. The predicted molar refractivity (Wildman–Crippen MR) is 77.2 cm³/mol. The zero-order chi connectivity index (χ0) is 13.1. The van der Waals surface area contributed by atoms with Gasteiger partial charge >= 0.3 is 0 Å². The van der Waals surface area contributed by atoms with E-state index in [1.807, 2.05) is 19.9 Å². The molecule has 0 aromatic heterocycles. The second-order valence-corrected chi connectivity index (χ2v) is 5.95. The molecule has 0 aromatic carbocycles. The van der Waals surface area contributed by atoms with Crippen LogP contribution >= 0.6 is 0 Å². The van der Waals surface area contributed by atoms with Gasteiger partial charge in [-0.15, -0.1) is 0 Å². The molecule has 0 bridgehead atoms. The lowest BCUT2D eigenvalue weighted by Gasteiger charge is -2.12. The molecule has 1 heteroatoms. The van der Waals surface area contributed by atoms with E-state index in [4.69, 9.17) is 0 Å². The second-order valence-electron chi connectivity index (χ2n) is 5.95. The Morgan fingerprint density at radius 3 is 2.24 bits per heavy atom. The van der Waals surface area contributed by atoms with Crippen molar-refractivity contribution in [3.8, 4) is 0 Å². The Balaban J connectivity index is 3.41. The van der Waals surface area contributed by atoms with Crippen LogP contribution in [0.4, 0.5) is 0 Å². The standard InChI is InChI=1S/C16H32O/c1-5-6-7-8-9-10-12-15(2)13-11-14-16(3,4)17/h11,14-15,17H,5-10,12-13H2,1-4H3/b14-11+/t15-/m0/s1. The van der Waals surface area contributed by atoms with Crippen molar-refractivity contribution in [1.29, 1.82) is 0 Å². The van der Waals surface area contributed by atoms with Crippen molar-refractivity contribution < 1.29 is 5.11 Å². The van der Waals surface area contributed by atoms with Crippen molar-refractivity contribution in [3.05, 3.63) is 12.2 Å². The minimum Gasteiger partial charge on any atom is -0.386 e. The summed E-state index contributed by atoms with van der Waals surface area (Å²) >= 11 is 0. The molecule has 1 atom stereocenters. The number of unbranched alkanes of at least 4 members (excludes halogenated alkanes) is 5. The molecule has 1 N–H and O–H groups in total. The molecule has 0 aliphatic rings. The van der Waals surface area contributed by atoms with Gasteiger partial charge in [-0.1, -0.05) is 70.9 Å². The van der Waals surface area contributed by atoms with Gasteiger partial charge in [-0.05, 0) is 26.2 Å². The van der Waals surface area contributed by atoms with Gasteiger partial charge in [0.2, 0.25) is 0 Å². The average molecular weight is 240 g/mol. The van der Waals surface area contributed by atoms with Gasteiger partial charge in [0.25, 0.3) is 0 Å². The van der Waals surface area contributed by atoms with E-state index in [1.54, 1.807) is 0 Å². The zero-order valence-electron chi connectivity index (χ0n) is 12.3. The Morgan fingerprint density at radius 1 is 1.06 bits per heavy atom. The SMILES string of the molecule is CCCCCCCC[C@H](C)C/C=C/C(C)(C)O. The van der Waals surface area contributed by atoms with E-state index >= 15 is 0 Å². The van der Waals surface area contributed by atoms with Gasteiger partial charge in [0, 0.05) is 0 Å². The van der Waals surface area contributed by atoms with Crippen molar-refractivity contribution in [2.24, 2.45) is 5.92 Å². The van der Waals surface area contributed by atoms with E-state index in [9.17, 15) is 5.11 Å². The smallest absolute Gasteiger partial charge is 0.0771 e. The Hall–Kier alpha value is -0.300. The maximum Gasteiger partial charge on any atom is 0.0771 e. The first-order chi connectivity index (χ1) is 7.95.